The second-order valence-corrected chi connectivity index (χ2v) is 5.31. The Bertz CT molecular complexity index is 318. The minimum atomic E-state index is -0.815. The molecule has 1 aromatic carbocycles. The average Bonchev–Trinajstić information content (AvgIpc) is 2.29. The van der Waals surface area contributed by atoms with Crippen LogP contribution in [0.25, 0.3) is 0 Å². The largest absolute Gasteiger partial charge is 0.390 e. The summed E-state index contributed by atoms with van der Waals surface area (Å²) in [7, 11) is 0. The molecule has 0 amide bonds. The molecule has 90 valence electrons. The van der Waals surface area contributed by atoms with Gasteiger partial charge in [-0.2, -0.15) is 12.6 Å². The van der Waals surface area contributed by atoms with Gasteiger partial charge in [0.1, 0.15) is 6.10 Å². The average molecular weight is 258 g/mol. The summed E-state index contributed by atoms with van der Waals surface area (Å²) in [5.41, 5.74) is 0.771. The summed E-state index contributed by atoms with van der Waals surface area (Å²) < 4.78 is 0. The summed E-state index contributed by atoms with van der Waals surface area (Å²) in [5.74, 6) is 1.57. The van der Waals surface area contributed by atoms with E-state index in [1.807, 2.05) is 24.3 Å². The van der Waals surface area contributed by atoms with Crippen LogP contribution in [0.5, 0.6) is 0 Å². The molecule has 0 aliphatic carbocycles. The summed E-state index contributed by atoms with van der Waals surface area (Å²) in [4.78, 5) is 1.12. The summed E-state index contributed by atoms with van der Waals surface area (Å²) in [6, 6.07) is 7.69. The number of thiol groups is 1. The molecule has 16 heavy (non-hydrogen) atoms. The first-order valence-electron chi connectivity index (χ1n) is 5.38. The molecule has 0 aliphatic heterocycles. The highest BCUT2D eigenvalue weighted by Crippen LogP contribution is 2.24. The lowest BCUT2D eigenvalue weighted by Gasteiger charge is -2.17. The molecule has 0 spiro atoms. The number of aliphatic hydroxyl groups excluding tert-OH is 2. The number of aliphatic hydroxyl groups is 2. The van der Waals surface area contributed by atoms with Crippen LogP contribution in [-0.2, 0) is 0 Å². The minimum Gasteiger partial charge on any atom is -0.390 e. The van der Waals surface area contributed by atoms with E-state index < -0.39 is 12.2 Å². The third kappa shape index (κ3) is 4.01. The van der Waals surface area contributed by atoms with Crippen molar-refractivity contribution in [3.63, 3.8) is 0 Å². The zero-order valence-corrected chi connectivity index (χ0v) is 11.0. The summed E-state index contributed by atoms with van der Waals surface area (Å²) >= 11 is 5.77. The molecule has 0 aromatic heterocycles. The molecule has 1 aromatic rings. The smallest absolute Gasteiger partial charge is 0.105 e. The fraction of sp³-hybridized carbons (Fsp3) is 0.500. The van der Waals surface area contributed by atoms with Gasteiger partial charge in [-0.15, -0.1) is 11.8 Å². The van der Waals surface area contributed by atoms with Crippen molar-refractivity contribution < 1.29 is 10.2 Å². The zero-order chi connectivity index (χ0) is 12.0. The normalized spacial score (nSPS) is 14.8. The fourth-order valence-electron chi connectivity index (χ4n) is 1.47. The van der Waals surface area contributed by atoms with E-state index in [-0.39, 0.29) is 0 Å². The van der Waals surface area contributed by atoms with Gasteiger partial charge in [-0.25, -0.2) is 0 Å². The lowest BCUT2D eigenvalue weighted by atomic mass is 10.0. The first-order valence-corrected chi connectivity index (χ1v) is 7.00. The molecule has 0 saturated heterocycles. The van der Waals surface area contributed by atoms with E-state index in [4.69, 9.17) is 0 Å². The van der Waals surface area contributed by atoms with Gasteiger partial charge in [0.25, 0.3) is 0 Å². The highest BCUT2D eigenvalue weighted by Gasteiger charge is 2.17. The maximum absolute atomic E-state index is 9.92. The van der Waals surface area contributed by atoms with E-state index in [1.165, 1.54) is 0 Å². The molecule has 0 heterocycles. The van der Waals surface area contributed by atoms with E-state index in [1.54, 1.807) is 11.8 Å². The van der Waals surface area contributed by atoms with Crippen LogP contribution in [-0.4, -0.2) is 27.8 Å². The standard InChI is InChI=1S/C12H18O2S2/c1-2-16-10-5-3-4-9(8-10)12(14)11(13)6-7-15/h3-5,8,11-15H,2,6-7H2,1H3. The van der Waals surface area contributed by atoms with Gasteiger partial charge in [0.2, 0.25) is 0 Å². The lowest BCUT2D eigenvalue weighted by molar-refractivity contribution is 0.0171. The van der Waals surface area contributed by atoms with Gasteiger partial charge in [-0.05, 0) is 35.6 Å². The van der Waals surface area contributed by atoms with Gasteiger partial charge in [-0.3, -0.25) is 0 Å². The number of rotatable bonds is 6. The molecular weight excluding hydrogens is 240 g/mol. The van der Waals surface area contributed by atoms with Crippen molar-refractivity contribution in [3.8, 4) is 0 Å². The van der Waals surface area contributed by atoms with Crippen molar-refractivity contribution in [3.05, 3.63) is 29.8 Å². The van der Waals surface area contributed by atoms with Gasteiger partial charge >= 0.3 is 0 Å². The van der Waals surface area contributed by atoms with E-state index >= 15 is 0 Å². The first-order chi connectivity index (χ1) is 7.69. The number of hydrogen-bond acceptors (Lipinski definition) is 4. The predicted molar refractivity (Wildman–Crippen MR) is 72.3 cm³/mol. The van der Waals surface area contributed by atoms with Crippen molar-refractivity contribution in [1.82, 2.24) is 0 Å². The third-order valence-electron chi connectivity index (χ3n) is 2.30. The summed E-state index contributed by atoms with van der Waals surface area (Å²) in [6.07, 6.45) is -1.06. The second-order valence-electron chi connectivity index (χ2n) is 3.53. The quantitative estimate of drug-likeness (QED) is 0.542. The Hall–Kier alpha value is -0.160. The fourth-order valence-corrected chi connectivity index (χ4v) is 2.46. The molecule has 2 unspecified atom stereocenters. The third-order valence-corrected chi connectivity index (χ3v) is 3.43. The molecule has 0 fully saturated rings. The van der Waals surface area contributed by atoms with Gasteiger partial charge in [0.15, 0.2) is 0 Å². The van der Waals surface area contributed by atoms with Crippen LogP contribution in [0.4, 0.5) is 0 Å². The molecule has 0 bridgehead atoms. The van der Waals surface area contributed by atoms with Crippen molar-refractivity contribution in [1.29, 1.82) is 0 Å². The minimum absolute atomic E-state index is 0.495. The van der Waals surface area contributed by atoms with Gasteiger partial charge < -0.3 is 10.2 Å². The molecule has 2 nitrogen and oxygen atoms in total. The first kappa shape index (κ1) is 13.9. The number of hydrogen-bond donors (Lipinski definition) is 3. The Morgan fingerprint density at radius 3 is 2.75 bits per heavy atom. The van der Waals surface area contributed by atoms with Crippen molar-refractivity contribution in [2.24, 2.45) is 0 Å². The Morgan fingerprint density at radius 2 is 2.12 bits per heavy atom. The van der Waals surface area contributed by atoms with Crippen molar-refractivity contribution in [2.45, 2.75) is 30.4 Å². The molecule has 4 heteroatoms. The van der Waals surface area contributed by atoms with Crippen LogP contribution in [0.15, 0.2) is 29.2 Å². The maximum atomic E-state index is 9.92. The summed E-state index contributed by atoms with van der Waals surface area (Å²) in [6.45, 7) is 2.09. The molecular formula is C12H18O2S2. The Kier molecular flexibility index (Phi) is 6.28. The summed E-state index contributed by atoms with van der Waals surface area (Å²) in [5, 5.41) is 19.6. The predicted octanol–water partition coefficient (Wildman–Crippen LogP) is 2.51. The van der Waals surface area contributed by atoms with E-state index in [9.17, 15) is 10.2 Å². The molecule has 0 saturated carbocycles. The van der Waals surface area contributed by atoms with Crippen LogP contribution < -0.4 is 0 Å². The van der Waals surface area contributed by atoms with Gasteiger partial charge in [0.05, 0.1) is 6.10 Å². The van der Waals surface area contributed by atoms with Crippen LogP contribution >= 0.6 is 24.4 Å². The molecule has 0 radical (unpaired) electrons. The van der Waals surface area contributed by atoms with Crippen LogP contribution in [0.3, 0.4) is 0 Å². The lowest BCUT2D eigenvalue weighted by Crippen LogP contribution is -2.18. The topological polar surface area (TPSA) is 40.5 Å². The second kappa shape index (κ2) is 7.22. The highest BCUT2D eigenvalue weighted by atomic mass is 32.2. The monoisotopic (exact) mass is 258 g/mol. The molecule has 1 rings (SSSR count). The van der Waals surface area contributed by atoms with Gasteiger partial charge in [-0.1, -0.05) is 19.1 Å². The van der Waals surface area contributed by atoms with Crippen LogP contribution in [0.2, 0.25) is 0 Å². The highest BCUT2D eigenvalue weighted by molar-refractivity contribution is 7.99. The van der Waals surface area contributed by atoms with Crippen molar-refractivity contribution >= 4 is 24.4 Å². The number of thioether (sulfide) groups is 1. The van der Waals surface area contributed by atoms with Crippen molar-refractivity contribution in [2.75, 3.05) is 11.5 Å². The van der Waals surface area contributed by atoms with Crippen LogP contribution in [0, 0.1) is 0 Å². The van der Waals surface area contributed by atoms with E-state index in [0.717, 1.165) is 16.2 Å². The molecule has 2 atom stereocenters. The molecule has 0 aliphatic rings. The maximum Gasteiger partial charge on any atom is 0.105 e. The zero-order valence-electron chi connectivity index (χ0n) is 9.34. The van der Waals surface area contributed by atoms with Crippen LogP contribution in [0.1, 0.15) is 25.0 Å². The Labute approximate surface area is 106 Å². The number of benzene rings is 1. The van der Waals surface area contributed by atoms with E-state index in [0.29, 0.717) is 12.2 Å². The molecule has 2 N–H and O–H groups in total. The Balaban J connectivity index is 2.74. The van der Waals surface area contributed by atoms with E-state index in [2.05, 4.69) is 19.6 Å². The SMILES string of the molecule is CCSc1cccc(C(O)C(O)CCS)c1. The Morgan fingerprint density at radius 1 is 1.38 bits per heavy atom. The van der Waals surface area contributed by atoms with Gasteiger partial charge in [0, 0.05) is 4.90 Å².